The molecule has 2 aliphatic heterocycles. The van der Waals surface area contributed by atoms with Gasteiger partial charge in [0, 0.05) is 18.5 Å². The van der Waals surface area contributed by atoms with Crippen molar-refractivity contribution in [3.05, 3.63) is 53.1 Å². The van der Waals surface area contributed by atoms with Gasteiger partial charge >= 0.3 is 0 Å². The number of quaternary nitrogens is 1. The Labute approximate surface area is 242 Å². The molecule has 0 aliphatic carbocycles. The third kappa shape index (κ3) is 6.78. The van der Waals surface area contributed by atoms with Gasteiger partial charge in [0.25, 0.3) is 5.91 Å². The lowest BCUT2D eigenvalue weighted by atomic mass is 9.94. The van der Waals surface area contributed by atoms with Crippen molar-refractivity contribution in [3.63, 3.8) is 0 Å². The monoisotopic (exact) mass is 566 g/mol. The third-order valence-electron chi connectivity index (χ3n) is 7.77. The fourth-order valence-corrected chi connectivity index (χ4v) is 5.40. The van der Waals surface area contributed by atoms with Crippen LogP contribution in [0.2, 0.25) is 0 Å². The highest BCUT2D eigenvalue weighted by Gasteiger charge is 2.44. The fraction of sp³-hybridized carbons (Fsp3) is 0.500. The predicted octanol–water partition coefficient (Wildman–Crippen LogP) is 2.57. The lowest BCUT2D eigenvalue weighted by molar-refractivity contribution is -0.896. The number of benzene rings is 2. The minimum absolute atomic E-state index is 0.0690. The second-order valence-corrected chi connectivity index (χ2v) is 10.4. The molecule has 1 saturated heterocycles. The molecular weight excluding hydrogens is 524 g/mol. The highest BCUT2D eigenvalue weighted by atomic mass is 16.6. The van der Waals surface area contributed by atoms with Gasteiger partial charge in [-0.25, -0.2) is 0 Å². The number of unbranched alkanes of at least 4 members (excludes halogenated alkanes) is 2. The molecule has 0 saturated carbocycles. The smallest absolute Gasteiger partial charge is 0.295 e. The maximum Gasteiger partial charge on any atom is 0.295 e. The maximum atomic E-state index is 13.9. The molecule has 1 unspecified atom stereocenters. The summed E-state index contributed by atoms with van der Waals surface area (Å²) in [5, 5.41) is 13.9. The zero-order chi connectivity index (χ0) is 29.4. The lowest BCUT2D eigenvalue weighted by Crippen LogP contribution is -3.11. The molecule has 4 rings (SSSR count). The van der Waals surface area contributed by atoms with Gasteiger partial charge < -0.3 is 33.9 Å². The molecule has 9 nitrogen and oxygen atoms in total. The van der Waals surface area contributed by atoms with Gasteiger partial charge in [-0.2, -0.15) is 0 Å². The van der Waals surface area contributed by atoms with E-state index in [1.807, 2.05) is 6.07 Å². The highest BCUT2D eigenvalue weighted by molar-refractivity contribution is 6.46. The van der Waals surface area contributed by atoms with Crippen LogP contribution >= 0.6 is 0 Å². The van der Waals surface area contributed by atoms with Crippen LogP contribution in [0.25, 0.3) is 5.76 Å². The Morgan fingerprint density at radius 2 is 1.73 bits per heavy atom. The third-order valence-corrected chi connectivity index (χ3v) is 7.77. The molecule has 41 heavy (non-hydrogen) atoms. The summed E-state index contributed by atoms with van der Waals surface area (Å²) in [6.07, 6.45) is 3.78. The lowest BCUT2D eigenvalue weighted by Gasteiger charge is -2.29. The van der Waals surface area contributed by atoms with E-state index in [-0.39, 0.29) is 11.1 Å². The van der Waals surface area contributed by atoms with Crippen LogP contribution < -0.4 is 29.0 Å². The molecule has 1 N–H and O–H groups in total. The van der Waals surface area contributed by atoms with Crippen LogP contribution in [-0.4, -0.2) is 69.7 Å². The van der Waals surface area contributed by atoms with Crippen LogP contribution in [0.15, 0.2) is 42.0 Å². The molecule has 0 bridgehead atoms. The van der Waals surface area contributed by atoms with Gasteiger partial charge in [0.15, 0.2) is 23.0 Å². The molecule has 1 atom stereocenters. The summed E-state index contributed by atoms with van der Waals surface area (Å²) in [7, 11) is 1.55. The Balaban J connectivity index is 1.73. The number of nitrogens with one attached hydrogen (secondary N) is 1. The summed E-state index contributed by atoms with van der Waals surface area (Å²) in [5.41, 5.74) is 0.825. The summed E-state index contributed by atoms with van der Waals surface area (Å²) in [4.78, 5) is 29.8. The maximum absolute atomic E-state index is 13.9. The normalized spacial score (nSPS) is 17.8. The van der Waals surface area contributed by atoms with Crippen molar-refractivity contribution in [1.29, 1.82) is 0 Å². The molecule has 2 heterocycles. The van der Waals surface area contributed by atoms with E-state index in [9.17, 15) is 14.7 Å². The minimum Gasteiger partial charge on any atom is -0.872 e. The number of rotatable bonds is 14. The Kier molecular flexibility index (Phi) is 10.5. The first-order chi connectivity index (χ1) is 19.9. The molecule has 2 aromatic rings. The Morgan fingerprint density at radius 1 is 0.976 bits per heavy atom. The number of hydrogen-bond donors (Lipinski definition) is 1. The van der Waals surface area contributed by atoms with Gasteiger partial charge in [0.1, 0.15) is 13.2 Å². The predicted molar refractivity (Wildman–Crippen MR) is 153 cm³/mol. The summed E-state index contributed by atoms with van der Waals surface area (Å²) in [6, 6.07) is 9.38. The molecular formula is C32H42N2O7. The minimum atomic E-state index is -0.842. The van der Waals surface area contributed by atoms with Crippen molar-refractivity contribution in [1.82, 2.24) is 4.90 Å². The van der Waals surface area contributed by atoms with Crippen molar-refractivity contribution < 1.29 is 38.5 Å². The van der Waals surface area contributed by atoms with E-state index in [1.54, 1.807) is 37.4 Å². The largest absolute Gasteiger partial charge is 0.872 e. The molecule has 0 radical (unpaired) electrons. The summed E-state index contributed by atoms with van der Waals surface area (Å²) in [5.74, 6) is 0.127. The van der Waals surface area contributed by atoms with Crippen molar-refractivity contribution in [2.24, 2.45) is 0 Å². The molecule has 222 valence electrons. The van der Waals surface area contributed by atoms with Crippen LogP contribution in [0, 0.1) is 0 Å². The van der Waals surface area contributed by atoms with E-state index in [4.69, 9.17) is 18.9 Å². The quantitative estimate of drug-likeness (QED) is 0.162. The summed E-state index contributed by atoms with van der Waals surface area (Å²) >= 11 is 0. The fourth-order valence-electron chi connectivity index (χ4n) is 5.40. The molecule has 2 aliphatic rings. The second-order valence-electron chi connectivity index (χ2n) is 10.4. The first-order valence-corrected chi connectivity index (χ1v) is 14.7. The van der Waals surface area contributed by atoms with Gasteiger partial charge in [0.2, 0.25) is 5.78 Å². The van der Waals surface area contributed by atoms with Crippen molar-refractivity contribution >= 4 is 17.4 Å². The number of carbonyl (C=O) groups is 2. The number of fused-ring (bicyclic) bond motifs is 1. The van der Waals surface area contributed by atoms with Crippen molar-refractivity contribution in [2.75, 3.05) is 53.1 Å². The summed E-state index contributed by atoms with van der Waals surface area (Å²) < 4.78 is 22.8. The van der Waals surface area contributed by atoms with E-state index in [2.05, 4.69) is 20.8 Å². The second kappa shape index (κ2) is 14.3. The number of likely N-dealkylation sites (tertiary alicyclic amines) is 1. The van der Waals surface area contributed by atoms with E-state index in [1.165, 1.54) is 9.80 Å². The molecule has 1 amide bonds. The number of hydrogen-bond acceptors (Lipinski definition) is 7. The van der Waals surface area contributed by atoms with E-state index < -0.39 is 23.5 Å². The number of methoxy groups -OCH3 is 1. The molecule has 0 aromatic heterocycles. The van der Waals surface area contributed by atoms with E-state index >= 15 is 0 Å². The molecule has 0 spiro atoms. The SMILES string of the molecule is CCCCCOc1ccc(C2C(=C([O-])c3ccc4c(c3)OCCO4)C(=O)C(=O)N2CCC[NH+](CC)CC)cc1OC. The van der Waals surface area contributed by atoms with Crippen LogP contribution in [0.3, 0.4) is 0 Å². The van der Waals surface area contributed by atoms with Gasteiger partial charge in [0.05, 0.1) is 39.4 Å². The number of amides is 1. The topological polar surface area (TPSA) is 102 Å². The van der Waals surface area contributed by atoms with Crippen LogP contribution in [0.4, 0.5) is 0 Å². The highest BCUT2D eigenvalue weighted by Crippen LogP contribution is 2.42. The first-order valence-electron chi connectivity index (χ1n) is 14.7. The zero-order valence-electron chi connectivity index (χ0n) is 24.6. The zero-order valence-corrected chi connectivity index (χ0v) is 24.6. The van der Waals surface area contributed by atoms with Crippen LogP contribution in [0.5, 0.6) is 23.0 Å². The van der Waals surface area contributed by atoms with Crippen LogP contribution in [-0.2, 0) is 9.59 Å². The number of Topliss-reactive ketones (excluding diaryl/α,β-unsaturated/α-hetero) is 1. The molecule has 2 aromatic carbocycles. The van der Waals surface area contributed by atoms with Crippen molar-refractivity contribution in [3.8, 4) is 23.0 Å². The standard InChI is InChI=1S/C32H42N2O7/c1-5-8-9-17-39-24-13-11-22(20-26(24)38-4)29-28(30(35)23-12-14-25-27(21-23)41-19-18-40-25)31(36)32(37)34(29)16-10-15-33(6-2)7-3/h11-14,20-21,29,35H,5-10,15-19H2,1-4H3. The van der Waals surface area contributed by atoms with E-state index in [0.717, 1.165) is 38.9 Å². The average Bonchev–Trinajstić information content (AvgIpc) is 3.25. The van der Waals surface area contributed by atoms with Gasteiger partial charge in [-0.3, -0.25) is 9.59 Å². The van der Waals surface area contributed by atoms with E-state index in [0.29, 0.717) is 61.3 Å². The number of nitrogens with zero attached hydrogens (tertiary/aromatic N) is 1. The average molecular weight is 567 g/mol. The Hall–Kier alpha value is -3.72. The number of ether oxygens (including phenoxy) is 4. The van der Waals surface area contributed by atoms with Gasteiger partial charge in [-0.05, 0) is 55.7 Å². The van der Waals surface area contributed by atoms with Crippen molar-refractivity contribution in [2.45, 2.75) is 52.5 Å². The Bertz CT molecular complexity index is 1250. The number of ketones is 1. The first kappa shape index (κ1) is 30.2. The molecule has 1 fully saturated rings. The molecule has 9 heteroatoms. The Morgan fingerprint density at radius 3 is 2.44 bits per heavy atom. The van der Waals surface area contributed by atoms with Gasteiger partial charge in [-0.15, -0.1) is 0 Å². The van der Waals surface area contributed by atoms with Crippen LogP contribution in [0.1, 0.15) is 63.6 Å². The number of carbonyl (C=O) groups excluding carboxylic acids is 2. The van der Waals surface area contributed by atoms with Gasteiger partial charge in [-0.1, -0.05) is 37.7 Å². The summed E-state index contributed by atoms with van der Waals surface area (Å²) in [6.45, 7) is 10.9.